The van der Waals surface area contributed by atoms with Crippen LogP contribution in [0.5, 0.6) is 0 Å². The van der Waals surface area contributed by atoms with Gasteiger partial charge in [-0.1, -0.05) is 43.6 Å². The molecule has 158 valence electrons. The van der Waals surface area contributed by atoms with Crippen LogP contribution < -0.4 is 5.32 Å². The van der Waals surface area contributed by atoms with Crippen LogP contribution >= 0.6 is 11.6 Å². The van der Waals surface area contributed by atoms with Gasteiger partial charge in [0.25, 0.3) is 5.91 Å². The molecule has 5 nitrogen and oxygen atoms in total. The summed E-state index contributed by atoms with van der Waals surface area (Å²) in [5, 5.41) is 7.64. The molecule has 1 N–H and O–H groups in total. The standard InChI is InChI=1S/C21H20ClF3N4O/c1-12(2)19-16(20(30)28-13(3)15-6-4-5-7-17(15)22)11-27-29(19)18-9-8-14(10-26-18)21(23,24)25/h4-13H,1-3H3,(H,28,30). The number of nitrogens with zero attached hydrogens (tertiary/aromatic N) is 3. The zero-order valence-electron chi connectivity index (χ0n) is 16.5. The van der Waals surface area contributed by atoms with Gasteiger partial charge in [-0.15, -0.1) is 0 Å². The Kier molecular flexibility index (Phi) is 6.17. The zero-order valence-corrected chi connectivity index (χ0v) is 17.3. The number of pyridine rings is 1. The van der Waals surface area contributed by atoms with E-state index in [9.17, 15) is 18.0 Å². The molecule has 0 aliphatic carbocycles. The normalized spacial score (nSPS) is 12.8. The third-order valence-electron chi connectivity index (χ3n) is 4.61. The molecule has 0 aliphatic rings. The van der Waals surface area contributed by atoms with E-state index in [0.717, 1.165) is 17.8 Å². The SMILES string of the molecule is CC(C)c1c(C(=O)NC(C)c2ccccc2Cl)cnn1-c1ccc(C(F)(F)F)cn1. The number of carbonyl (C=O) groups excluding carboxylic acids is 1. The number of alkyl halides is 3. The fourth-order valence-electron chi connectivity index (χ4n) is 3.13. The highest BCUT2D eigenvalue weighted by Crippen LogP contribution is 2.30. The maximum atomic E-state index is 12.9. The van der Waals surface area contributed by atoms with Crippen molar-refractivity contribution >= 4 is 17.5 Å². The minimum atomic E-state index is -4.48. The van der Waals surface area contributed by atoms with E-state index >= 15 is 0 Å². The molecule has 30 heavy (non-hydrogen) atoms. The van der Waals surface area contributed by atoms with Gasteiger partial charge in [0.2, 0.25) is 0 Å². The van der Waals surface area contributed by atoms with Gasteiger partial charge in [-0.3, -0.25) is 4.79 Å². The molecule has 0 bridgehead atoms. The predicted molar refractivity (Wildman–Crippen MR) is 108 cm³/mol. The summed E-state index contributed by atoms with van der Waals surface area (Å²) in [5.41, 5.74) is 0.795. The van der Waals surface area contributed by atoms with Crippen molar-refractivity contribution in [3.8, 4) is 5.82 Å². The summed E-state index contributed by atoms with van der Waals surface area (Å²) in [6.07, 6.45) is -2.33. The van der Waals surface area contributed by atoms with Crippen molar-refractivity contribution in [2.75, 3.05) is 0 Å². The first kappa shape index (κ1) is 21.8. The van der Waals surface area contributed by atoms with Crippen LogP contribution in [0.4, 0.5) is 13.2 Å². The van der Waals surface area contributed by atoms with E-state index < -0.39 is 11.7 Å². The van der Waals surface area contributed by atoms with Crippen molar-refractivity contribution in [3.63, 3.8) is 0 Å². The summed E-state index contributed by atoms with van der Waals surface area (Å²) in [6, 6.07) is 9.03. The minimum absolute atomic E-state index is 0.132. The first-order valence-corrected chi connectivity index (χ1v) is 9.64. The second-order valence-corrected chi connectivity index (χ2v) is 7.54. The zero-order chi connectivity index (χ0) is 22.1. The highest BCUT2D eigenvalue weighted by Gasteiger charge is 2.31. The molecule has 1 aromatic carbocycles. The predicted octanol–water partition coefficient (Wildman–Crippen LogP) is 5.55. The molecule has 0 fully saturated rings. The van der Waals surface area contributed by atoms with Crippen LogP contribution in [-0.2, 0) is 6.18 Å². The van der Waals surface area contributed by atoms with Gasteiger partial charge < -0.3 is 5.32 Å². The van der Waals surface area contributed by atoms with Crippen LogP contribution in [0, 0.1) is 0 Å². The Morgan fingerprint density at radius 2 is 1.80 bits per heavy atom. The number of carbonyl (C=O) groups is 1. The molecular formula is C21H20ClF3N4O. The lowest BCUT2D eigenvalue weighted by Gasteiger charge is -2.17. The Hall–Kier alpha value is -2.87. The number of hydrogen-bond donors (Lipinski definition) is 1. The van der Waals surface area contributed by atoms with Crippen molar-refractivity contribution in [3.05, 3.63) is 76.2 Å². The molecule has 1 atom stereocenters. The second-order valence-electron chi connectivity index (χ2n) is 7.13. The van der Waals surface area contributed by atoms with Crippen LogP contribution in [0.3, 0.4) is 0 Å². The van der Waals surface area contributed by atoms with E-state index in [1.807, 2.05) is 32.9 Å². The first-order valence-electron chi connectivity index (χ1n) is 9.26. The van der Waals surface area contributed by atoms with Crippen LogP contribution in [-0.4, -0.2) is 20.7 Å². The van der Waals surface area contributed by atoms with E-state index in [1.54, 1.807) is 12.1 Å². The molecule has 0 spiro atoms. The minimum Gasteiger partial charge on any atom is -0.345 e. The fraction of sp³-hybridized carbons (Fsp3) is 0.286. The second kappa shape index (κ2) is 8.47. The van der Waals surface area contributed by atoms with Crippen LogP contribution in [0.2, 0.25) is 5.02 Å². The number of hydrogen-bond acceptors (Lipinski definition) is 3. The summed E-state index contributed by atoms with van der Waals surface area (Å²) in [5.74, 6) is -0.290. The lowest BCUT2D eigenvalue weighted by molar-refractivity contribution is -0.137. The van der Waals surface area contributed by atoms with Gasteiger partial charge in [0.1, 0.15) is 0 Å². The van der Waals surface area contributed by atoms with E-state index in [2.05, 4.69) is 15.4 Å². The Balaban J connectivity index is 1.91. The molecule has 0 saturated heterocycles. The summed E-state index contributed by atoms with van der Waals surface area (Å²) in [6.45, 7) is 5.55. The summed E-state index contributed by atoms with van der Waals surface area (Å²) < 4.78 is 39.8. The van der Waals surface area contributed by atoms with E-state index in [4.69, 9.17) is 11.6 Å². The molecule has 9 heteroatoms. The smallest absolute Gasteiger partial charge is 0.345 e. The summed E-state index contributed by atoms with van der Waals surface area (Å²) in [4.78, 5) is 16.8. The van der Waals surface area contributed by atoms with E-state index in [1.165, 1.54) is 16.9 Å². The van der Waals surface area contributed by atoms with E-state index in [-0.39, 0.29) is 23.7 Å². The van der Waals surface area contributed by atoms with Crippen LogP contribution in [0.15, 0.2) is 48.8 Å². The average Bonchev–Trinajstić information content (AvgIpc) is 3.13. The van der Waals surface area contributed by atoms with Crippen LogP contribution in [0.1, 0.15) is 59.9 Å². The lowest BCUT2D eigenvalue weighted by Crippen LogP contribution is -2.27. The summed E-state index contributed by atoms with van der Waals surface area (Å²) >= 11 is 6.20. The fourth-order valence-corrected chi connectivity index (χ4v) is 3.43. The monoisotopic (exact) mass is 436 g/mol. The van der Waals surface area contributed by atoms with Gasteiger partial charge in [0.05, 0.1) is 29.1 Å². The molecule has 1 amide bonds. The number of benzene rings is 1. The van der Waals surface area contributed by atoms with Gasteiger partial charge in [0, 0.05) is 11.2 Å². The lowest BCUT2D eigenvalue weighted by atomic mass is 10.0. The van der Waals surface area contributed by atoms with Crippen molar-refractivity contribution in [2.24, 2.45) is 0 Å². The molecular weight excluding hydrogens is 417 g/mol. The number of aromatic nitrogens is 3. The molecule has 0 aliphatic heterocycles. The van der Waals surface area contributed by atoms with Gasteiger partial charge >= 0.3 is 6.18 Å². The number of nitrogens with one attached hydrogen (secondary N) is 1. The van der Waals surface area contributed by atoms with Crippen molar-refractivity contribution in [1.82, 2.24) is 20.1 Å². The molecule has 2 aromatic heterocycles. The van der Waals surface area contributed by atoms with Gasteiger partial charge in [-0.2, -0.15) is 18.3 Å². The molecule has 0 saturated carbocycles. The molecule has 1 unspecified atom stereocenters. The number of amides is 1. The van der Waals surface area contributed by atoms with Gasteiger partial charge in [0.15, 0.2) is 5.82 Å². The topological polar surface area (TPSA) is 59.8 Å². The number of halogens is 4. The Morgan fingerprint density at radius 3 is 2.37 bits per heavy atom. The van der Waals surface area contributed by atoms with Gasteiger partial charge in [-0.25, -0.2) is 9.67 Å². The Bertz CT molecular complexity index is 1050. The van der Waals surface area contributed by atoms with Crippen LogP contribution in [0.25, 0.3) is 5.82 Å². The largest absolute Gasteiger partial charge is 0.417 e. The van der Waals surface area contributed by atoms with E-state index in [0.29, 0.717) is 16.3 Å². The quantitative estimate of drug-likeness (QED) is 0.570. The maximum absolute atomic E-state index is 12.9. The first-order chi connectivity index (χ1) is 14.1. The highest BCUT2D eigenvalue weighted by atomic mass is 35.5. The third-order valence-corrected chi connectivity index (χ3v) is 4.95. The maximum Gasteiger partial charge on any atom is 0.417 e. The molecule has 2 heterocycles. The van der Waals surface area contributed by atoms with Crippen molar-refractivity contribution in [2.45, 2.75) is 38.9 Å². The third kappa shape index (κ3) is 4.48. The molecule has 0 radical (unpaired) electrons. The molecule has 3 aromatic rings. The highest BCUT2D eigenvalue weighted by molar-refractivity contribution is 6.31. The average molecular weight is 437 g/mol. The van der Waals surface area contributed by atoms with Gasteiger partial charge in [-0.05, 0) is 36.6 Å². The number of rotatable bonds is 5. The van der Waals surface area contributed by atoms with Crippen molar-refractivity contribution < 1.29 is 18.0 Å². The Labute approximate surface area is 176 Å². The molecule has 3 rings (SSSR count). The Morgan fingerprint density at radius 1 is 1.10 bits per heavy atom. The van der Waals surface area contributed by atoms with Crippen molar-refractivity contribution in [1.29, 1.82) is 0 Å². The summed E-state index contributed by atoms with van der Waals surface area (Å²) in [7, 11) is 0.